The number of rotatable bonds is 6. The van der Waals surface area contributed by atoms with Crippen LogP contribution in [-0.4, -0.2) is 32.6 Å². The van der Waals surface area contributed by atoms with Gasteiger partial charge in [-0.3, -0.25) is 4.79 Å². The highest BCUT2D eigenvalue weighted by Gasteiger charge is 2.24. The molecule has 1 atom stereocenters. The molecule has 1 heterocycles. The van der Waals surface area contributed by atoms with Gasteiger partial charge in [-0.25, -0.2) is 4.79 Å². The molecular weight excluding hydrogens is 254 g/mol. The van der Waals surface area contributed by atoms with Crippen LogP contribution in [0.15, 0.2) is 0 Å². The number of amides is 1. The third kappa shape index (κ3) is 3.76. The highest BCUT2D eigenvalue weighted by Crippen LogP contribution is 2.12. The number of carboxylic acid groups (broad SMARTS) is 1. The maximum Gasteiger partial charge on any atom is 0.326 e. The van der Waals surface area contributed by atoms with Crippen molar-refractivity contribution in [1.82, 2.24) is 14.9 Å². The minimum atomic E-state index is -1.02. The summed E-state index contributed by atoms with van der Waals surface area (Å²) in [6.07, 6.45) is 0.996. The van der Waals surface area contributed by atoms with E-state index in [1.165, 1.54) is 0 Å². The highest BCUT2D eigenvalue weighted by atomic mass is 32.1. The van der Waals surface area contributed by atoms with E-state index >= 15 is 0 Å². The highest BCUT2D eigenvalue weighted by molar-refractivity contribution is 7.08. The van der Waals surface area contributed by atoms with Gasteiger partial charge < -0.3 is 10.4 Å². The molecule has 6 nitrogen and oxygen atoms in total. The summed E-state index contributed by atoms with van der Waals surface area (Å²) in [5.41, 5.74) is 0.603. The number of aryl methyl sites for hydroxylation is 1. The average molecular weight is 271 g/mol. The lowest BCUT2D eigenvalue weighted by atomic mass is 10.0. The number of aromatic nitrogens is 2. The van der Waals surface area contributed by atoms with E-state index in [1.807, 2.05) is 20.8 Å². The van der Waals surface area contributed by atoms with Crippen LogP contribution in [0.3, 0.4) is 0 Å². The molecule has 0 bridgehead atoms. The fourth-order valence-electron chi connectivity index (χ4n) is 1.53. The summed E-state index contributed by atoms with van der Waals surface area (Å²) in [7, 11) is 0. The Morgan fingerprint density at radius 1 is 1.44 bits per heavy atom. The van der Waals surface area contributed by atoms with Crippen LogP contribution in [0.1, 0.15) is 42.6 Å². The summed E-state index contributed by atoms with van der Waals surface area (Å²) >= 11 is 0.989. The van der Waals surface area contributed by atoms with Crippen molar-refractivity contribution in [3.63, 3.8) is 0 Å². The molecule has 0 aliphatic carbocycles. The molecule has 1 amide bonds. The number of nitrogens with zero attached hydrogens (tertiary/aromatic N) is 2. The molecule has 100 valence electrons. The summed E-state index contributed by atoms with van der Waals surface area (Å²) in [5.74, 6) is -1.24. The average Bonchev–Trinajstić information content (AvgIpc) is 2.75. The van der Waals surface area contributed by atoms with Gasteiger partial charge in [-0.2, -0.15) is 0 Å². The van der Waals surface area contributed by atoms with Crippen molar-refractivity contribution in [2.24, 2.45) is 5.92 Å². The predicted octanol–water partition coefficient (Wildman–Crippen LogP) is 1.33. The Hall–Kier alpha value is -1.50. The maximum atomic E-state index is 11.9. The standard InChI is InChI=1S/C11H17N3O3S/c1-4-7-9(18-14-13-7)10(15)12-8(11(16)17)5-6(2)3/h6,8H,4-5H2,1-3H3,(H,12,15)(H,16,17). The lowest BCUT2D eigenvalue weighted by molar-refractivity contribution is -0.139. The zero-order chi connectivity index (χ0) is 13.7. The van der Waals surface area contributed by atoms with E-state index in [2.05, 4.69) is 14.9 Å². The van der Waals surface area contributed by atoms with E-state index in [0.29, 0.717) is 23.4 Å². The number of nitrogens with one attached hydrogen (secondary N) is 1. The molecule has 7 heteroatoms. The number of carboxylic acids is 1. The van der Waals surface area contributed by atoms with E-state index in [0.717, 1.165) is 11.5 Å². The summed E-state index contributed by atoms with van der Waals surface area (Å²) in [4.78, 5) is 23.4. The summed E-state index contributed by atoms with van der Waals surface area (Å²) in [6, 6.07) is -0.871. The molecule has 0 saturated carbocycles. The number of hydrogen-bond acceptors (Lipinski definition) is 5. The number of carbonyl (C=O) groups is 2. The first-order valence-corrected chi connectivity index (χ1v) is 6.57. The summed E-state index contributed by atoms with van der Waals surface area (Å²) < 4.78 is 3.71. The van der Waals surface area contributed by atoms with Gasteiger partial charge in [-0.1, -0.05) is 25.3 Å². The molecule has 1 aromatic heterocycles. The lowest BCUT2D eigenvalue weighted by Crippen LogP contribution is -2.41. The van der Waals surface area contributed by atoms with Gasteiger partial charge in [0.1, 0.15) is 10.9 Å². The lowest BCUT2D eigenvalue weighted by Gasteiger charge is -2.15. The van der Waals surface area contributed by atoms with Crippen molar-refractivity contribution in [3.05, 3.63) is 10.6 Å². The number of hydrogen-bond donors (Lipinski definition) is 2. The van der Waals surface area contributed by atoms with E-state index in [1.54, 1.807) is 0 Å². The van der Waals surface area contributed by atoms with Crippen LogP contribution < -0.4 is 5.32 Å². The van der Waals surface area contributed by atoms with Crippen molar-refractivity contribution in [3.8, 4) is 0 Å². The van der Waals surface area contributed by atoms with Crippen molar-refractivity contribution in [2.75, 3.05) is 0 Å². The Labute approximate surface area is 110 Å². The SMILES string of the molecule is CCc1nnsc1C(=O)NC(CC(C)C)C(=O)O. The van der Waals surface area contributed by atoms with Crippen LogP contribution in [0, 0.1) is 5.92 Å². The molecular formula is C11H17N3O3S. The zero-order valence-corrected chi connectivity index (χ0v) is 11.5. The molecule has 0 aliphatic rings. The summed E-state index contributed by atoms with van der Waals surface area (Å²) in [5, 5.41) is 15.4. The third-order valence-electron chi connectivity index (χ3n) is 2.41. The molecule has 0 aromatic carbocycles. The molecule has 1 aromatic rings. The van der Waals surface area contributed by atoms with Gasteiger partial charge in [0.2, 0.25) is 0 Å². The zero-order valence-electron chi connectivity index (χ0n) is 10.6. The van der Waals surface area contributed by atoms with Gasteiger partial charge in [0.05, 0.1) is 5.69 Å². The van der Waals surface area contributed by atoms with Crippen molar-refractivity contribution >= 4 is 23.4 Å². The molecule has 0 fully saturated rings. The second kappa shape index (κ2) is 6.44. The van der Waals surface area contributed by atoms with E-state index in [4.69, 9.17) is 5.11 Å². The molecule has 2 N–H and O–H groups in total. The predicted molar refractivity (Wildman–Crippen MR) is 67.6 cm³/mol. The van der Waals surface area contributed by atoms with Crippen LogP contribution in [0.4, 0.5) is 0 Å². The molecule has 0 aliphatic heterocycles. The Bertz CT molecular complexity index is 431. The van der Waals surface area contributed by atoms with Crippen molar-refractivity contribution < 1.29 is 14.7 Å². The molecule has 18 heavy (non-hydrogen) atoms. The first-order valence-electron chi connectivity index (χ1n) is 5.80. The van der Waals surface area contributed by atoms with Crippen LogP contribution >= 0.6 is 11.5 Å². The molecule has 1 unspecified atom stereocenters. The van der Waals surface area contributed by atoms with E-state index in [-0.39, 0.29) is 5.92 Å². The Balaban J connectivity index is 2.75. The summed E-state index contributed by atoms with van der Waals surface area (Å²) in [6.45, 7) is 5.69. The molecule has 0 spiro atoms. The van der Waals surface area contributed by atoms with Crippen LogP contribution in [0.25, 0.3) is 0 Å². The number of carbonyl (C=O) groups excluding carboxylic acids is 1. The number of aliphatic carboxylic acids is 1. The van der Waals surface area contributed by atoms with Gasteiger partial charge in [0.25, 0.3) is 5.91 Å². The van der Waals surface area contributed by atoms with Crippen LogP contribution in [-0.2, 0) is 11.2 Å². The van der Waals surface area contributed by atoms with Gasteiger partial charge in [-0.05, 0) is 30.3 Å². The Kier molecular flexibility index (Phi) is 5.21. The quantitative estimate of drug-likeness (QED) is 0.814. The molecule has 1 rings (SSSR count). The topological polar surface area (TPSA) is 92.2 Å². The second-order valence-electron chi connectivity index (χ2n) is 4.40. The fourth-order valence-corrected chi connectivity index (χ4v) is 2.18. The van der Waals surface area contributed by atoms with Gasteiger partial charge in [-0.15, -0.1) is 5.10 Å². The van der Waals surface area contributed by atoms with Crippen LogP contribution in [0.5, 0.6) is 0 Å². The van der Waals surface area contributed by atoms with Crippen molar-refractivity contribution in [2.45, 2.75) is 39.7 Å². The first-order chi connectivity index (χ1) is 8.45. The van der Waals surface area contributed by atoms with Gasteiger partial charge >= 0.3 is 5.97 Å². The maximum absolute atomic E-state index is 11.9. The molecule has 0 radical (unpaired) electrons. The monoisotopic (exact) mass is 271 g/mol. The van der Waals surface area contributed by atoms with Crippen molar-refractivity contribution in [1.29, 1.82) is 0 Å². The smallest absolute Gasteiger partial charge is 0.326 e. The van der Waals surface area contributed by atoms with Crippen LogP contribution in [0.2, 0.25) is 0 Å². The normalized spacial score (nSPS) is 12.4. The third-order valence-corrected chi connectivity index (χ3v) is 3.17. The van der Waals surface area contributed by atoms with E-state index in [9.17, 15) is 9.59 Å². The Morgan fingerprint density at radius 2 is 2.11 bits per heavy atom. The minimum absolute atomic E-state index is 0.191. The van der Waals surface area contributed by atoms with Gasteiger partial charge in [0.15, 0.2) is 0 Å². The molecule has 0 saturated heterocycles. The Morgan fingerprint density at radius 3 is 2.61 bits per heavy atom. The van der Waals surface area contributed by atoms with Gasteiger partial charge in [0, 0.05) is 0 Å². The minimum Gasteiger partial charge on any atom is -0.480 e. The first kappa shape index (κ1) is 14.6. The largest absolute Gasteiger partial charge is 0.480 e. The fraction of sp³-hybridized carbons (Fsp3) is 0.636. The second-order valence-corrected chi connectivity index (χ2v) is 5.15. The van der Waals surface area contributed by atoms with E-state index < -0.39 is 17.9 Å².